The Morgan fingerprint density at radius 1 is 1.26 bits per heavy atom. The van der Waals surface area contributed by atoms with Crippen LogP contribution in [0.25, 0.3) is 0 Å². The fraction of sp³-hybridized carbons (Fsp3) is 0.562. The Bertz CT molecular complexity index is 436. The second kappa shape index (κ2) is 6.20. The molecular formula is C16H24N2O. The van der Waals surface area contributed by atoms with E-state index in [2.05, 4.69) is 37.4 Å². The van der Waals surface area contributed by atoms with Crippen LogP contribution in [0.1, 0.15) is 42.4 Å². The Balaban J connectivity index is 2.02. The number of aryl methyl sites for hydroxylation is 2. The summed E-state index contributed by atoms with van der Waals surface area (Å²) < 4.78 is 0. The van der Waals surface area contributed by atoms with Gasteiger partial charge in [-0.05, 0) is 43.4 Å². The normalized spacial score (nSPS) is 23.3. The Morgan fingerprint density at radius 3 is 2.53 bits per heavy atom. The molecule has 0 heterocycles. The summed E-state index contributed by atoms with van der Waals surface area (Å²) in [5.41, 5.74) is 9.46. The van der Waals surface area contributed by atoms with Crippen LogP contribution in [0.2, 0.25) is 0 Å². The minimum Gasteiger partial charge on any atom is -0.369 e. The van der Waals surface area contributed by atoms with Gasteiger partial charge in [0.25, 0.3) is 0 Å². The number of hydrogen-bond acceptors (Lipinski definition) is 2. The van der Waals surface area contributed by atoms with Crippen LogP contribution >= 0.6 is 0 Å². The number of rotatable bonds is 4. The maximum absolute atomic E-state index is 11.5. The van der Waals surface area contributed by atoms with Crippen molar-refractivity contribution in [3.8, 4) is 0 Å². The molecule has 0 aromatic heterocycles. The van der Waals surface area contributed by atoms with E-state index in [0.717, 1.165) is 25.8 Å². The number of carbonyl (C=O) groups excluding carboxylic acids is 1. The van der Waals surface area contributed by atoms with Crippen LogP contribution in [0.3, 0.4) is 0 Å². The molecule has 3 N–H and O–H groups in total. The molecule has 2 rings (SSSR count). The number of primary amides is 1. The topological polar surface area (TPSA) is 55.1 Å². The molecule has 0 radical (unpaired) electrons. The van der Waals surface area contributed by atoms with E-state index in [9.17, 15) is 4.79 Å². The summed E-state index contributed by atoms with van der Waals surface area (Å²) in [5, 5.41) is 3.55. The molecule has 3 nitrogen and oxygen atoms in total. The second-order valence-electron chi connectivity index (χ2n) is 5.65. The minimum absolute atomic E-state index is 0.00178. The van der Waals surface area contributed by atoms with Gasteiger partial charge < -0.3 is 11.1 Å². The van der Waals surface area contributed by atoms with Crippen molar-refractivity contribution in [1.82, 2.24) is 5.32 Å². The molecule has 1 aliphatic rings. The van der Waals surface area contributed by atoms with E-state index < -0.39 is 0 Å². The largest absolute Gasteiger partial charge is 0.369 e. The molecule has 104 valence electrons. The Labute approximate surface area is 115 Å². The average molecular weight is 260 g/mol. The maximum Gasteiger partial charge on any atom is 0.222 e. The molecule has 0 unspecified atom stereocenters. The van der Waals surface area contributed by atoms with E-state index in [1.165, 1.54) is 23.1 Å². The first-order valence-corrected chi connectivity index (χ1v) is 7.17. The molecule has 1 aliphatic carbocycles. The van der Waals surface area contributed by atoms with Crippen molar-refractivity contribution in [3.63, 3.8) is 0 Å². The van der Waals surface area contributed by atoms with Gasteiger partial charge in [0, 0.05) is 12.6 Å². The van der Waals surface area contributed by atoms with Crippen LogP contribution in [0.5, 0.6) is 0 Å². The number of hydrogen-bond donors (Lipinski definition) is 2. The van der Waals surface area contributed by atoms with Crippen LogP contribution in [-0.4, -0.2) is 11.9 Å². The Morgan fingerprint density at radius 2 is 1.89 bits per heavy atom. The smallest absolute Gasteiger partial charge is 0.222 e. The van der Waals surface area contributed by atoms with Crippen LogP contribution < -0.4 is 11.1 Å². The van der Waals surface area contributed by atoms with Crippen molar-refractivity contribution in [1.29, 1.82) is 0 Å². The van der Waals surface area contributed by atoms with Gasteiger partial charge in [-0.25, -0.2) is 0 Å². The molecular weight excluding hydrogens is 236 g/mol. The van der Waals surface area contributed by atoms with E-state index in [0.29, 0.717) is 0 Å². The van der Waals surface area contributed by atoms with Crippen molar-refractivity contribution in [2.24, 2.45) is 11.7 Å². The Kier molecular flexibility index (Phi) is 4.59. The second-order valence-corrected chi connectivity index (χ2v) is 5.65. The first-order valence-electron chi connectivity index (χ1n) is 7.17. The zero-order chi connectivity index (χ0) is 13.8. The third kappa shape index (κ3) is 3.35. The van der Waals surface area contributed by atoms with Crippen molar-refractivity contribution in [3.05, 3.63) is 34.9 Å². The van der Waals surface area contributed by atoms with Gasteiger partial charge in [-0.1, -0.05) is 31.0 Å². The molecule has 0 saturated heterocycles. The minimum atomic E-state index is -0.154. The molecule has 1 amide bonds. The lowest BCUT2D eigenvalue weighted by Crippen LogP contribution is -2.44. The maximum atomic E-state index is 11.5. The van der Waals surface area contributed by atoms with Crippen LogP contribution in [0.15, 0.2) is 18.2 Å². The van der Waals surface area contributed by atoms with E-state index in [-0.39, 0.29) is 17.9 Å². The van der Waals surface area contributed by atoms with Gasteiger partial charge >= 0.3 is 0 Å². The molecule has 19 heavy (non-hydrogen) atoms. The van der Waals surface area contributed by atoms with Crippen LogP contribution in [0.4, 0.5) is 0 Å². The Hall–Kier alpha value is -1.35. The van der Waals surface area contributed by atoms with Crippen molar-refractivity contribution < 1.29 is 4.79 Å². The lowest BCUT2D eigenvalue weighted by atomic mass is 9.84. The van der Waals surface area contributed by atoms with E-state index in [1.807, 2.05) is 0 Å². The number of benzene rings is 1. The van der Waals surface area contributed by atoms with Crippen LogP contribution in [-0.2, 0) is 11.3 Å². The van der Waals surface area contributed by atoms with Gasteiger partial charge in [0.1, 0.15) is 0 Å². The van der Waals surface area contributed by atoms with Crippen molar-refractivity contribution >= 4 is 5.91 Å². The van der Waals surface area contributed by atoms with Gasteiger partial charge in [0.15, 0.2) is 0 Å². The van der Waals surface area contributed by atoms with E-state index in [1.54, 1.807) is 0 Å². The van der Waals surface area contributed by atoms with E-state index in [4.69, 9.17) is 5.73 Å². The molecule has 1 aromatic rings. The quantitative estimate of drug-likeness (QED) is 0.873. The number of carbonyl (C=O) groups is 1. The van der Waals surface area contributed by atoms with Gasteiger partial charge in [-0.2, -0.15) is 0 Å². The van der Waals surface area contributed by atoms with Gasteiger partial charge in [0.2, 0.25) is 5.91 Å². The first kappa shape index (κ1) is 14.1. The number of nitrogens with one attached hydrogen (secondary N) is 1. The summed E-state index contributed by atoms with van der Waals surface area (Å²) >= 11 is 0. The first-order chi connectivity index (χ1) is 9.09. The summed E-state index contributed by atoms with van der Waals surface area (Å²) in [6.45, 7) is 5.10. The molecule has 0 bridgehead atoms. The summed E-state index contributed by atoms with van der Waals surface area (Å²) in [5.74, 6) is -0.156. The molecule has 1 aromatic carbocycles. The number of nitrogens with two attached hydrogens (primary N) is 1. The highest BCUT2D eigenvalue weighted by molar-refractivity contribution is 5.77. The third-order valence-corrected chi connectivity index (χ3v) is 4.32. The highest BCUT2D eigenvalue weighted by Crippen LogP contribution is 2.25. The fourth-order valence-electron chi connectivity index (χ4n) is 3.08. The molecule has 0 spiro atoms. The van der Waals surface area contributed by atoms with Crippen LogP contribution in [0, 0.1) is 19.8 Å². The highest BCUT2D eigenvalue weighted by atomic mass is 16.1. The van der Waals surface area contributed by atoms with Gasteiger partial charge in [-0.15, -0.1) is 0 Å². The molecule has 1 fully saturated rings. The summed E-state index contributed by atoms with van der Waals surface area (Å²) in [4.78, 5) is 11.5. The summed E-state index contributed by atoms with van der Waals surface area (Å²) in [6.07, 6.45) is 4.29. The summed E-state index contributed by atoms with van der Waals surface area (Å²) in [6, 6.07) is 6.60. The lowest BCUT2D eigenvalue weighted by molar-refractivity contribution is -0.123. The predicted octanol–water partition coefficient (Wildman–Crippen LogP) is 2.44. The van der Waals surface area contributed by atoms with Gasteiger partial charge in [0.05, 0.1) is 5.92 Å². The molecule has 0 aliphatic heterocycles. The standard InChI is InChI=1S/C16H24N2O/c1-11-6-5-7-12(2)14(11)10-18-15-9-4-3-8-13(15)16(17)19/h5-7,13,15,18H,3-4,8-10H2,1-2H3,(H2,17,19)/t13-,15+/m1/s1. The van der Waals surface area contributed by atoms with Crippen molar-refractivity contribution in [2.45, 2.75) is 52.1 Å². The monoisotopic (exact) mass is 260 g/mol. The zero-order valence-electron chi connectivity index (χ0n) is 11.9. The SMILES string of the molecule is Cc1cccc(C)c1CN[C@H]1CCCC[C@H]1C(N)=O. The van der Waals surface area contributed by atoms with E-state index >= 15 is 0 Å². The molecule has 2 atom stereocenters. The van der Waals surface area contributed by atoms with Crippen molar-refractivity contribution in [2.75, 3.05) is 0 Å². The zero-order valence-corrected chi connectivity index (χ0v) is 11.9. The lowest BCUT2D eigenvalue weighted by Gasteiger charge is -2.30. The summed E-state index contributed by atoms with van der Waals surface area (Å²) in [7, 11) is 0. The molecule has 1 saturated carbocycles. The van der Waals surface area contributed by atoms with Gasteiger partial charge in [-0.3, -0.25) is 4.79 Å². The predicted molar refractivity (Wildman–Crippen MR) is 77.7 cm³/mol. The molecule has 3 heteroatoms. The third-order valence-electron chi connectivity index (χ3n) is 4.32. The highest BCUT2D eigenvalue weighted by Gasteiger charge is 2.28. The average Bonchev–Trinajstić information content (AvgIpc) is 2.38. The fourth-order valence-corrected chi connectivity index (χ4v) is 3.08. The number of amides is 1.